The van der Waals surface area contributed by atoms with E-state index in [1.807, 2.05) is 0 Å². The molecule has 0 aliphatic carbocycles. The lowest BCUT2D eigenvalue weighted by atomic mass is 10.2. The van der Waals surface area contributed by atoms with Crippen molar-refractivity contribution in [1.82, 2.24) is 4.68 Å². The minimum absolute atomic E-state index is 0.342. The molecule has 1 rings (SSSR count). The van der Waals surface area contributed by atoms with Crippen molar-refractivity contribution in [3.8, 4) is 0 Å². The van der Waals surface area contributed by atoms with Crippen LogP contribution >= 0.6 is 12.6 Å². The molecular weight excluding hydrogens is 240 g/mol. The number of hydrogen-bond acceptors (Lipinski definition) is 4. The molecule has 0 spiro atoms. The van der Waals surface area contributed by atoms with Crippen molar-refractivity contribution in [2.24, 2.45) is 0 Å². The Hall–Kier alpha value is -1.43. The zero-order valence-corrected chi connectivity index (χ0v) is 11.2. The summed E-state index contributed by atoms with van der Waals surface area (Å²) in [7, 11) is 1.47. The number of hydrogen-bond donors (Lipinski definition) is 1. The minimum Gasteiger partial charge on any atom is -0.442 e. The van der Waals surface area contributed by atoms with E-state index in [2.05, 4.69) is 12.6 Å². The SMILES string of the molecule is CN(C(=O)OC(C)(C)C)n1ccc(S)cc1=O. The molecule has 0 radical (unpaired) electrons. The highest BCUT2D eigenvalue weighted by atomic mass is 32.1. The van der Waals surface area contributed by atoms with Gasteiger partial charge >= 0.3 is 6.09 Å². The van der Waals surface area contributed by atoms with Gasteiger partial charge in [0.1, 0.15) is 5.60 Å². The molecule has 1 aromatic rings. The first-order valence-electron chi connectivity index (χ1n) is 5.09. The van der Waals surface area contributed by atoms with Gasteiger partial charge in [-0.1, -0.05) is 0 Å². The fourth-order valence-electron chi connectivity index (χ4n) is 1.12. The van der Waals surface area contributed by atoms with Crippen LogP contribution < -0.4 is 10.6 Å². The van der Waals surface area contributed by atoms with Crippen LogP contribution in [-0.4, -0.2) is 23.4 Å². The van der Waals surface area contributed by atoms with Crippen LogP contribution in [-0.2, 0) is 4.74 Å². The van der Waals surface area contributed by atoms with Gasteiger partial charge in [-0.05, 0) is 26.8 Å². The smallest absolute Gasteiger partial charge is 0.429 e. The predicted octanol–water partition coefficient (Wildman–Crippen LogP) is 1.64. The second kappa shape index (κ2) is 4.83. The highest BCUT2D eigenvalue weighted by Gasteiger charge is 2.20. The van der Waals surface area contributed by atoms with Gasteiger partial charge in [-0.25, -0.2) is 14.5 Å². The summed E-state index contributed by atoms with van der Waals surface area (Å²) in [6.07, 6.45) is 0.876. The largest absolute Gasteiger partial charge is 0.442 e. The molecule has 0 aliphatic heterocycles. The maximum absolute atomic E-state index is 11.7. The average molecular weight is 256 g/mol. The van der Waals surface area contributed by atoms with Gasteiger partial charge in [0.2, 0.25) is 0 Å². The van der Waals surface area contributed by atoms with Crippen LogP contribution in [0.1, 0.15) is 20.8 Å². The summed E-state index contributed by atoms with van der Waals surface area (Å²) in [5.41, 5.74) is -0.941. The zero-order valence-electron chi connectivity index (χ0n) is 10.3. The third-order valence-corrected chi connectivity index (χ3v) is 2.14. The summed E-state index contributed by atoms with van der Waals surface area (Å²) >= 11 is 4.04. The van der Waals surface area contributed by atoms with Crippen LogP contribution in [0.3, 0.4) is 0 Å². The number of carbonyl (C=O) groups excluding carboxylic acids is 1. The normalized spacial score (nSPS) is 11.1. The first-order valence-corrected chi connectivity index (χ1v) is 5.54. The first kappa shape index (κ1) is 13.6. The summed E-state index contributed by atoms with van der Waals surface area (Å²) in [6, 6.07) is 2.94. The van der Waals surface area contributed by atoms with E-state index in [9.17, 15) is 9.59 Å². The van der Waals surface area contributed by atoms with E-state index in [0.717, 1.165) is 9.69 Å². The van der Waals surface area contributed by atoms with Crippen LogP contribution in [0.5, 0.6) is 0 Å². The topological polar surface area (TPSA) is 51.5 Å². The molecular formula is C11H16N2O3S. The Bertz CT molecular complexity index is 476. The number of nitrogens with zero attached hydrogens (tertiary/aromatic N) is 2. The lowest BCUT2D eigenvalue weighted by Crippen LogP contribution is -2.45. The minimum atomic E-state index is -0.599. The summed E-state index contributed by atoms with van der Waals surface area (Å²) in [4.78, 5) is 23.9. The molecule has 0 N–H and O–H groups in total. The molecule has 0 saturated heterocycles. The van der Waals surface area contributed by atoms with Crippen LogP contribution in [0.25, 0.3) is 0 Å². The fourth-order valence-corrected chi connectivity index (χ4v) is 1.30. The highest BCUT2D eigenvalue weighted by molar-refractivity contribution is 7.80. The summed E-state index contributed by atoms with van der Waals surface area (Å²) in [6.45, 7) is 5.29. The lowest BCUT2D eigenvalue weighted by Gasteiger charge is -2.25. The van der Waals surface area contributed by atoms with E-state index in [1.165, 1.54) is 19.3 Å². The van der Waals surface area contributed by atoms with Crippen LogP contribution in [0.2, 0.25) is 0 Å². The van der Waals surface area contributed by atoms with Crippen molar-refractivity contribution in [3.63, 3.8) is 0 Å². The maximum Gasteiger partial charge on any atom is 0.429 e. The van der Waals surface area contributed by atoms with Crippen molar-refractivity contribution in [3.05, 3.63) is 28.7 Å². The van der Waals surface area contributed by atoms with E-state index < -0.39 is 11.7 Å². The number of ether oxygens (including phenoxy) is 1. The second-order valence-electron chi connectivity index (χ2n) is 4.57. The number of carbonyl (C=O) groups is 1. The summed E-state index contributed by atoms with van der Waals surface area (Å²) < 4.78 is 6.31. The van der Waals surface area contributed by atoms with Gasteiger partial charge in [-0.2, -0.15) is 0 Å². The van der Waals surface area contributed by atoms with Crippen molar-refractivity contribution >= 4 is 18.7 Å². The molecule has 94 valence electrons. The van der Waals surface area contributed by atoms with Gasteiger partial charge in [0.05, 0.1) is 0 Å². The van der Waals surface area contributed by atoms with Crippen LogP contribution in [0.4, 0.5) is 4.79 Å². The molecule has 17 heavy (non-hydrogen) atoms. The molecule has 1 heterocycles. The fraction of sp³-hybridized carbons (Fsp3) is 0.455. The van der Waals surface area contributed by atoms with Crippen molar-refractivity contribution in [1.29, 1.82) is 0 Å². The molecule has 0 fully saturated rings. The number of rotatable bonds is 1. The Morgan fingerprint density at radius 1 is 1.47 bits per heavy atom. The number of pyridine rings is 1. The third-order valence-electron chi connectivity index (χ3n) is 1.86. The molecule has 0 bridgehead atoms. The van der Waals surface area contributed by atoms with Gasteiger partial charge in [0.15, 0.2) is 0 Å². The van der Waals surface area contributed by atoms with E-state index in [1.54, 1.807) is 26.8 Å². The molecule has 5 nitrogen and oxygen atoms in total. The Morgan fingerprint density at radius 3 is 2.53 bits per heavy atom. The highest BCUT2D eigenvalue weighted by Crippen LogP contribution is 2.08. The molecule has 6 heteroatoms. The summed E-state index contributed by atoms with van der Waals surface area (Å²) in [5, 5.41) is 1.11. The standard InChI is InChI=1S/C11H16N2O3S/c1-11(2,3)16-10(15)12(4)13-6-5-8(17)7-9(13)14/h5-7,17H,1-4H3. The van der Waals surface area contributed by atoms with Gasteiger partial charge in [-0.3, -0.25) is 4.79 Å². The predicted molar refractivity (Wildman–Crippen MR) is 68.3 cm³/mol. The Labute approximate surface area is 105 Å². The van der Waals surface area contributed by atoms with Crippen molar-refractivity contribution in [2.45, 2.75) is 31.3 Å². The van der Waals surface area contributed by atoms with E-state index in [4.69, 9.17) is 4.74 Å². The lowest BCUT2D eigenvalue weighted by molar-refractivity contribution is 0.0549. The quantitative estimate of drug-likeness (QED) is 0.777. The zero-order chi connectivity index (χ0) is 13.2. The number of aromatic nitrogens is 1. The van der Waals surface area contributed by atoms with Gasteiger partial charge in [0, 0.05) is 24.2 Å². The van der Waals surface area contributed by atoms with E-state index >= 15 is 0 Å². The van der Waals surface area contributed by atoms with E-state index in [0.29, 0.717) is 4.90 Å². The summed E-state index contributed by atoms with van der Waals surface area (Å²) in [5.74, 6) is 0. The van der Waals surface area contributed by atoms with Crippen LogP contribution in [0.15, 0.2) is 28.0 Å². The second-order valence-corrected chi connectivity index (χ2v) is 5.09. The molecule has 1 amide bonds. The monoisotopic (exact) mass is 256 g/mol. The molecule has 0 aromatic carbocycles. The van der Waals surface area contributed by atoms with Crippen molar-refractivity contribution in [2.75, 3.05) is 12.1 Å². The Morgan fingerprint density at radius 2 is 2.06 bits per heavy atom. The number of thiol groups is 1. The van der Waals surface area contributed by atoms with Crippen LogP contribution in [0, 0.1) is 0 Å². The molecule has 0 unspecified atom stereocenters. The van der Waals surface area contributed by atoms with Gasteiger partial charge in [-0.15, -0.1) is 12.6 Å². The van der Waals surface area contributed by atoms with E-state index in [-0.39, 0.29) is 5.56 Å². The third kappa shape index (κ3) is 3.81. The Kier molecular flexibility index (Phi) is 3.87. The van der Waals surface area contributed by atoms with Gasteiger partial charge in [0.25, 0.3) is 5.56 Å². The van der Waals surface area contributed by atoms with Crippen molar-refractivity contribution < 1.29 is 9.53 Å². The molecule has 0 atom stereocenters. The average Bonchev–Trinajstić information content (AvgIpc) is 2.14. The molecule has 0 saturated carbocycles. The molecule has 0 aliphatic rings. The van der Waals surface area contributed by atoms with Gasteiger partial charge < -0.3 is 4.74 Å². The number of amides is 1. The maximum atomic E-state index is 11.7. The Balaban J connectivity index is 2.93. The molecule has 1 aromatic heterocycles. The first-order chi connectivity index (χ1) is 7.70.